The highest BCUT2D eigenvalue weighted by Crippen LogP contribution is 2.07. The van der Waals surface area contributed by atoms with Gasteiger partial charge < -0.3 is 5.73 Å². The second-order valence-electron chi connectivity index (χ2n) is 3.15. The Morgan fingerprint density at radius 2 is 2.08 bits per heavy atom. The Bertz CT molecular complexity index is 214. The van der Waals surface area contributed by atoms with Gasteiger partial charge in [-0.15, -0.1) is 0 Å². The Hall–Kier alpha value is 0.260. The Labute approximate surface area is 85.4 Å². The molecule has 80 valence electrons. The van der Waals surface area contributed by atoms with E-state index in [1.54, 1.807) is 18.7 Å². The number of thioether (sulfide) groups is 1. The van der Waals surface area contributed by atoms with E-state index in [1.807, 2.05) is 0 Å². The molecule has 0 aromatic heterocycles. The van der Waals surface area contributed by atoms with Gasteiger partial charge in [0.2, 0.25) is 0 Å². The number of nitrogens with two attached hydrogens (primary N) is 1. The molecular weight excluding hydrogens is 206 g/mol. The third kappa shape index (κ3) is 7.34. The molecule has 0 rings (SSSR count). The fraction of sp³-hybridized carbons (Fsp3) is 1.00. The molecule has 0 saturated carbocycles. The maximum atomic E-state index is 11.1. The van der Waals surface area contributed by atoms with Crippen LogP contribution >= 0.6 is 11.8 Å². The zero-order valence-corrected chi connectivity index (χ0v) is 9.96. The van der Waals surface area contributed by atoms with E-state index >= 15 is 0 Å². The minimum absolute atomic E-state index is 0.250. The molecule has 0 fully saturated rings. The first kappa shape index (κ1) is 13.3. The van der Waals surface area contributed by atoms with E-state index in [0.717, 1.165) is 5.75 Å². The first-order valence-corrected chi connectivity index (χ1v) is 7.47. The topological polar surface area (TPSA) is 60.2 Å². The molecule has 0 aromatic carbocycles. The number of hydrogen-bond acceptors (Lipinski definition) is 4. The van der Waals surface area contributed by atoms with E-state index in [4.69, 9.17) is 5.73 Å². The molecule has 0 aromatic rings. The summed E-state index contributed by atoms with van der Waals surface area (Å²) in [6.45, 7) is 4.43. The Kier molecular flexibility index (Phi) is 6.81. The van der Waals surface area contributed by atoms with Crippen LogP contribution in [0.25, 0.3) is 0 Å². The van der Waals surface area contributed by atoms with Gasteiger partial charge in [-0.05, 0) is 18.2 Å². The third-order valence-corrected chi connectivity index (χ3v) is 5.04. The summed E-state index contributed by atoms with van der Waals surface area (Å²) in [5.41, 5.74) is 5.43. The minimum Gasteiger partial charge on any atom is -0.330 e. The highest BCUT2D eigenvalue weighted by Gasteiger charge is 2.07. The average Bonchev–Trinajstić information content (AvgIpc) is 2.12. The lowest BCUT2D eigenvalue weighted by Gasteiger charge is -2.07. The summed E-state index contributed by atoms with van der Waals surface area (Å²) in [5.74, 6) is 2.68. The van der Waals surface area contributed by atoms with E-state index in [9.17, 15) is 8.42 Å². The van der Waals surface area contributed by atoms with Crippen LogP contribution in [0.1, 0.15) is 13.8 Å². The Morgan fingerprint density at radius 3 is 2.54 bits per heavy atom. The summed E-state index contributed by atoms with van der Waals surface area (Å²) in [7, 11) is -2.78. The van der Waals surface area contributed by atoms with Crippen molar-refractivity contribution in [2.75, 3.05) is 29.6 Å². The normalized spacial score (nSPS) is 14.4. The quantitative estimate of drug-likeness (QED) is 0.650. The second-order valence-corrected chi connectivity index (χ2v) is 6.77. The van der Waals surface area contributed by atoms with Crippen molar-refractivity contribution >= 4 is 21.6 Å². The van der Waals surface area contributed by atoms with Gasteiger partial charge in [0.1, 0.15) is 0 Å². The third-order valence-electron chi connectivity index (χ3n) is 1.78. The molecule has 0 heterocycles. The summed E-state index contributed by atoms with van der Waals surface area (Å²) in [6.07, 6.45) is 0. The standard InChI is InChI=1S/C8H19NO2S2/c1-3-13(10,11)5-4-12-7-8(2)6-9/h8H,3-7,9H2,1-2H3. The predicted molar refractivity (Wildman–Crippen MR) is 59.9 cm³/mol. The fourth-order valence-electron chi connectivity index (χ4n) is 0.683. The molecule has 0 aliphatic carbocycles. The highest BCUT2D eigenvalue weighted by molar-refractivity contribution is 8.00. The predicted octanol–water partition coefficient (Wildman–Crippen LogP) is 0.749. The smallest absolute Gasteiger partial charge is 0.150 e. The molecule has 1 unspecified atom stereocenters. The van der Waals surface area contributed by atoms with Crippen molar-refractivity contribution in [2.24, 2.45) is 11.7 Å². The van der Waals surface area contributed by atoms with Gasteiger partial charge in [-0.25, -0.2) is 8.42 Å². The molecule has 0 saturated heterocycles. The first-order chi connectivity index (χ1) is 6.02. The maximum absolute atomic E-state index is 11.1. The van der Waals surface area contributed by atoms with Crippen LogP contribution in [0, 0.1) is 5.92 Å². The van der Waals surface area contributed by atoms with E-state index in [2.05, 4.69) is 6.92 Å². The van der Waals surface area contributed by atoms with Gasteiger partial charge in [0, 0.05) is 11.5 Å². The molecule has 13 heavy (non-hydrogen) atoms. The zero-order chi connectivity index (χ0) is 10.3. The van der Waals surface area contributed by atoms with Crippen LogP contribution in [-0.2, 0) is 9.84 Å². The maximum Gasteiger partial charge on any atom is 0.150 e. The fourth-order valence-corrected chi connectivity index (χ4v) is 3.16. The van der Waals surface area contributed by atoms with Crippen molar-refractivity contribution in [3.05, 3.63) is 0 Å². The van der Waals surface area contributed by atoms with Crippen LogP contribution in [-0.4, -0.2) is 38.0 Å². The van der Waals surface area contributed by atoms with Crippen LogP contribution in [0.3, 0.4) is 0 Å². The van der Waals surface area contributed by atoms with E-state index in [0.29, 0.717) is 24.0 Å². The molecule has 0 bridgehead atoms. The molecule has 0 aliphatic heterocycles. The molecule has 0 spiro atoms. The molecule has 3 nitrogen and oxygen atoms in total. The molecule has 0 radical (unpaired) electrons. The lowest BCUT2D eigenvalue weighted by Crippen LogP contribution is -2.15. The zero-order valence-electron chi connectivity index (χ0n) is 8.32. The SMILES string of the molecule is CCS(=O)(=O)CCSCC(C)CN. The van der Waals surface area contributed by atoms with E-state index in [1.165, 1.54) is 0 Å². The van der Waals surface area contributed by atoms with Crippen molar-refractivity contribution in [2.45, 2.75) is 13.8 Å². The summed E-state index contributed by atoms with van der Waals surface area (Å²) >= 11 is 1.67. The van der Waals surface area contributed by atoms with Crippen LogP contribution in [0.15, 0.2) is 0 Å². The largest absolute Gasteiger partial charge is 0.330 e. The minimum atomic E-state index is -2.78. The van der Waals surface area contributed by atoms with E-state index in [-0.39, 0.29) is 5.75 Å². The lowest BCUT2D eigenvalue weighted by atomic mass is 10.2. The number of hydrogen-bond donors (Lipinski definition) is 1. The van der Waals surface area contributed by atoms with Crippen LogP contribution < -0.4 is 5.73 Å². The summed E-state index contributed by atoms with van der Waals surface area (Å²) in [4.78, 5) is 0. The van der Waals surface area contributed by atoms with Crippen molar-refractivity contribution in [3.63, 3.8) is 0 Å². The average molecular weight is 225 g/mol. The van der Waals surface area contributed by atoms with Crippen LogP contribution in [0.5, 0.6) is 0 Å². The molecular formula is C8H19NO2S2. The van der Waals surface area contributed by atoms with Gasteiger partial charge in [0.15, 0.2) is 9.84 Å². The van der Waals surface area contributed by atoms with Crippen molar-refractivity contribution < 1.29 is 8.42 Å². The molecule has 5 heteroatoms. The lowest BCUT2D eigenvalue weighted by molar-refractivity contribution is 0.598. The second kappa shape index (κ2) is 6.68. The van der Waals surface area contributed by atoms with Gasteiger partial charge in [-0.2, -0.15) is 11.8 Å². The summed E-state index contributed by atoms with van der Waals surface area (Å²) < 4.78 is 22.2. The van der Waals surface area contributed by atoms with Crippen molar-refractivity contribution in [1.29, 1.82) is 0 Å². The van der Waals surface area contributed by atoms with Gasteiger partial charge >= 0.3 is 0 Å². The highest BCUT2D eigenvalue weighted by atomic mass is 32.2. The number of sulfone groups is 1. The summed E-state index contributed by atoms with van der Waals surface area (Å²) in [5, 5.41) is 0. The first-order valence-electron chi connectivity index (χ1n) is 4.50. The number of rotatable bonds is 7. The molecule has 1 atom stereocenters. The van der Waals surface area contributed by atoms with Gasteiger partial charge in [-0.3, -0.25) is 0 Å². The molecule has 0 amide bonds. The van der Waals surface area contributed by atoms with Crippen LogP contribution in [0.4, 0.5) is 0 Å². The van der Waals surface area contributed by atoms with Gasteiger partial charge in [-0.1, -0.05) is 13.8 Å². The monoisotopic (exact) mass is 225 g/mol. The summed E-state index contributed by atoms with van der Waals surface area (Å²) in [6, 6.07) is 0. The molecule has 2 N–H and O–H groups in total. The van der Waals surface area contributed by atoms with Gasteiger partial charge in [0.05, 0.1) is 5.75 Å². The van der Waals surface area contributed by atoms with E-state index < -0.39 is 9.84 Å². The Morgan fingerprint density at radius 1 is 1.46 bits per heavy atom. The Balaban J connectivity index is 3.47. The van der Waals surface area contributed by atoms with Crippen LogP contribution in [0.2, 0.25) is 0 Å². The van der Waals surface area contributed by atoms with Crippen molar-refractivity contribution in [3.8, 4) is 0 Å². The van der Waals surface area contributed by atoms with Crippen molar-refractivity contribution in [1.82, 2.24) is 0 Å². The van der Waals surface area contributed by atoms with Gasteiger partial charge in [0.25, 0.3) is 0 Å². The molecule has 0 aliphatic rings.